The fourth-order valence-corrected chi connectivity index (χ4v) is 2.69. The summed E-state index contributed by atoms with van der Waals surface area (Å²) in [5.74, 6) is 1.88. The van der Waals surface area contributed by atoms with Crippen molar-refractivity contribution in [1.29, 1.82) is 0 Å². The molecule has 0 atom stereocenters. The van der Waals surface area contributed by atoms with E-state index < -0.39 is 5.60 Å². The van der Waals surface area contributed by atoms with Crippen LogP contribution in [0.1, 0.15) is 37.9 Å². The quantitative estimate of drug-likeness (QED) is 0.614. The van der Waals surface area contributed by atoms with Gasteiger partial charge in [-0.05, 0) is 45.4 Å². The Morgan fingerprint density at radius 3 is 2.59 bits per heavy atom. The van der Waals surface area contributed by atoms with Crippen LogP contribution in [0.3, 0.4) is 0 Å². The molecule has 142 valence electrons. The number of benzene rings is 1. The number of aromatic amines is 1. The summed E-state index contributed by atoms with van der Waals surface area (Å²) in [7, 11) is 1.62. The SMILES string of the molecule is CCc1cc(C(C)(C)O)nc(Nc2ccc(-c3ncc(C)[nH]3)c(OC)c2)n1. The van der Waals surface area contributed by atoms with Gasteiger partial charge >= 0.3 is 0 Å². The van der Waals surface area contributed by atoms with E-state index in [-0.39, 0.29) is 0 Å². The molecule has 0 aliphatic rings. The average molecular weight is 367 g/mol. The molecule has 0 aliphatic heterocycles. The summed E-state index contributed by atoms with van der Waals surface area (Å²) in [4.78, 5) is 16.5. The molecule has 0 radical (unpaired) electrons. The topological polar surface area (TPSA) is 96.0 Å². The zero-order valence-electron chi connectivity index (χ0n) is 16.3. The first kappa shape index (κ1) is 18.8. The van der Waals surface area contributed by atoms with Gasteiger partial charge in [-0.25, -0.2) is 15.0 Å². The van der Waals surface area contributed by atoms with Crippen LogP contribution < -0.4 is 10.1 Å². The van der Waals surface area contributed by atoms with Crippen molar-refractivity contribution in [3.63, 3.8) is 0 Å². The lowest BCUT2D eigenvalue weighted by Gasteiger charge is -2.18. The zero-order chi connectivity index (χ0) is 19.6. The molecule has 0 unspecified atom stereocenters. The van der Waals surface area contributed by atoms with Gasteiger partial charge < -0.3 is 20.1 Å². The molecular formula is C20H25N5O2. The predicted octanol–water partition coefficient (Wildman–Crippen LogP) is 3.72. The standard InChI is InChI=1S/C20H25N5O2/c1-6-13-10-17(20(3,4)26)25-19(23-13)24-14-7-8-15(16(9-14)27-5)18-21-11-12(2)22-18/h7-11,26H,6H2,1-5H3,(H,21,22)(H,23,24,25). The van der Waals surface area contributed by atoms with Gasteiger partial charge in [0.05, 0.1) is 18.4 Å². The van der Waals surface area contributed by atoms with Gasteiger partial charge in [-0.15, -0.1) is 0 Å². The smallest absolute Gasteiger partial charge is 0.227 e. The Morgan fingerprint density at radius 1 is 1.22 bits per heavy atom. The third-order valence-electron chi connectivity index (χ3n) is 4.18. The zero-order valence-corrected chi connectivity index (χ0v) is 16.3. The maximum absolute atomic E-state index is 10.3. The second-order valence-corrected chi connectivity index (χ2v) is 6.94. The number of hydrogen-bond donors (Lipinski definition) is 3. The molecule has 0 aliphatic carbocycles. The third-order valence-corrected chi connectivity index (χ3v) is 4.18. The number of H-pyrrole nitrogens is 1. The summed E-state index contributed by atoms with van der Waals surface area (Å²) in [5, 5.41) is 13.5. The normalized spacial score (nSPS) is 11.5. The molecule has 0 spiro atoms. The fourth-order valence-electron chi connectivity index (χ4n) is 2.69. The Morgan fingerprint density at radius 2 is 2.00 bits per heavy atom. The van der Waals surface area contributed by atoms with Gasteiger partial charge in [0, 0.05) is 29.3 Å². The molecule has 2 heterocycles. The van der Waals surface area contributed by atoms with Crippen molar-refractivity contribution in [1.82, 2.24) is 19.9 Å². The highest BCUT2D eigenvalue weighted by molar-refractivity contribution is 5.70. The Hall–Kier alpha value is -2.93. The minimum atomic E-state index is -1.04. The van der Waals surface area contributed by atoms with Crippen molar-refractivity contribution in [2.24, 2.45) is 0 Å². The molecule has 3 rings (SSSR count). The number of rotatable bonds is 6. The van der Waals surface area contributed by atoms with E-state index in [1.807, 2.05) is 38.1 Å². The Labute approximate surface area is 158 Å². The summed E-state index contributed by atoms with van der Waals surface area (Å²) in [6.45, 7) is 7.39. The number of imidazole rings is 1. The van der Waals surface area contributed by atoms with Gasteiger partial charge in [-0.1, -0.05) is 6.92 Å². The van der Waals surface area contributed by atoms with E-state index in [0.717, 1.165) is 34.9 Å². The van der Waals surface area contributed by atoms with E-state index in [4.69, 9.17) is 4.74 Å². The van der Waals surface area contributed by atoms with Gasteiger partial charge in [0.15, 0.2) is 0 Å². The number of aromatic nitrogens is 4. The lowest BCUT2D eigenvalue weighted by Crippen LogP contribution is -2.19. The molecule has 7 nitrogen and oxygen atoms in total. The van der Waals surface area contributed by atoms with Crippen LogP contribution >= 0.6 is 0 Å². The molecule has 0 saturated carbocycles. The van der Waals surface area contributed by atoms with Gasteiger partial charge in [0.2, 0.25) is 5.95 Å². The number of hydrogen-bond acceptors (Lipinski definition) is 6. The first-order valence-electron chi connectivity index (χ1n) is 8.88. The van der Waals surface area contributed by atoms with Crippen LogP contribution in [0, 0.1) is 6.92 Å². The van der Waals surface area contributed by atoms with E-state index in [0.29, 0.717) is 17.4 Å². The van der Waals surface area contributed by atoms with Crippen molar-refractivity contribution in [3.8, 4) is 17.1 Å². The lowest BCUT2D eigenvalue weighted by atomic mass is 10.0. The summed E-state index contributed by atoms with van der Waals surface area (Å²) in [6, 6.07) is 7.55. The molecule has 3 N–H and O–H groups in total. The number of aryl methyl sites for hydroxylation is 2. The number of anilines is 2. The van der Waals surface area contributed by atoms with Crippen molar-refractivity contribution in [2.45, 2.75) is 39.7 Å². The predicted molar refractivity (Wildman–Crippen MR) is 105 cm³/mol. The minimum Gasteiger partial charge on any atom is -0.496 e. The molecule has 27 heavy (non-hydrogen) atoms. The fraction of sp³-hybridized carbons (Fsp3) is 0.350. The highest BCUT2D eigenvalue weighted by Crippen LogP contribution is 2.31. The highest BCUT2D eigenvalue weighted by atomic mass is 16.5. The molecule has 3 aromatic rings. The molecule has 2 aromatic heterocycles. The number of methoxy groups -OCH3 is 1. The van der Waals surface area contributed by atoms with Gasteiger partial charge in [-0.3, -0.25) is 0 Å². The lowest BCUT2D eigenvalue weighted by molar-refractivity contribution is 0.0737. The Balaban J connectivity index is 1.94. The van der Waals surface area contributed by atoms with Gasteiger partial charge in [0.25, 0.3) is 0 Å². The van der Waals surface area contributed by atoms with Crippen LogP contribution in [-0.4, -0.2) is 32.2 Å². The van der Waals surface area contributed by atoms with E-state index in [9.17, 15) is 5.11 Å². The minimum absolute atomic E-state index is 0.440. The van der Waals surface area contributed by atoms with Crippen molar-refractivity contribution < 1.29 is 9.84 Å². The van der Waals surface area contributed by atoms with Crippen LogP contribution in [-0.2, 0) is 12.0 Å². The monoisotopic (exact) mass is 367 g/mol. The molecular weight excluding hydrogens is 342 g/mol. The number of nitrogens with one attached hydrogen (secondary N) is 2. The molecule has 1 aromatic carbocycles. The Bertz CT molecular complexity index is 944. The van der Waals surface area contributed by atoms with Crippen molar-refractivity contribution in [3.05, 3.63) is 47.5 Å². The van der Waals surface area contributed by atoms with Crippen LogP contribution in [0.5, 0.6) is 5.75 Å². The maximum atomic E-state index is 10.3. The van der Waals surface area contributed by atoms with Crippen LogP contribution in [0.25, 0.3) is 11.4 Å². The van der Waals surface area contributed by atoms with Crippen molar-refractivity contribution >= 4 is 11.6 Å². The number of nitrogens with zero attached hydrogens (tertiary/aromatic N) is 3. The van der Waals surface area contributed by atoms with E-state index in [2.05, 4.69) is 25.3 Å². The summed E-state index contributed by atoms with van der Waals surface area (Å²) >= 11 is 0. The molecule has 7 heteroatoms. The molecule has 0 bridgehead atoms. The first-order chi connectivity index (χ1) is 12.8. The number of ether oxygens (including phenoxy) is 1. The van der Waals surface area contributed by atoms with E-state index in [1.54, 1.807) is 27.2 Å². The second kappa shape index (κ2) is 7.36. The Kier molecular flexibility index (Phi) is 5.14. The largest absolute Gasteiger partial charge is 0.496 e. The summed E-state index contributed by atoms with van der Waals surface area (Å²) < 4.78 is 5.53. The average Bonchev–Trinajstić information content (AvgIpc) is 3.06. The summed E-state index contributed by atoms with van der Waals surface area (Å²) in [6.07, 6.45) is 2.53. The summed E-state index contributed by atoms with van der Waals surface area (Å²) in [5.41, 5.74) is 3.04. The first-order valence-corrected chi connectivity index (χ1v) is 8.88. The van der Waals surface area contributed by atoms with Crippen molar-refractivity contribution in [2.75, 3.05) is 12.4 Å². The van der Waals surface area contributed by atoms with E-state index in [1.165, 1.54) is 0 Å². The third kappa shape index (κ3) is 4.25. The highest BCUT2D eigenvalue weighted by Gasteiger charge is 2.20. The van der Waals surface area contributed by atoms with Crippen LogP contribution in [0.15, 0.2) is 30.5 Å². The van der Waals surface area contributed by atoms with E-state index >= 15 is 0 Å². The maximum Gasteiger partial charge on any atom is 0.227 e. The second-order valence-electron chi connectivity index (χ2n) is 6.94. The van der Waals surface area contributed by atoms with Gasteiger partial charge in [0.1, 0.15) is 17.2 Å². The van der Waals surface area contributed by atoms with Crippen LogP contribution in [0.4, 0.5) is 11.6 Å². The van der Waals surface area contributed by atoms with Gasteiger partial charge in [-0.2, -0.15) is 0 Å². The number of aliphatic hydroxyl groups is 1. The molecule has 0 fully saturated rings. The molecule has 0 amide bonds. The molecule has 0 saturated heterocycles. The van der Waals surface area contributed by atoms with Crippen LogP contribution in [0.2, 0.25) is 0 Å².